The molecule has 0 aliphatic rings. The first-order chi connectivity index (χ1) is 13.0. The summed E-state index contributed by atoms with van der Waals surface area (Å²) in [6.45, 7) is 1.71. The average molecular weight is 404 g/mol. The van der Waals surface area contributed by atoms with Gasteiger partial charge in [0.25, 0.3) is 5.91 Å². The van der Waals surface area contributed by atoms with E-state index in [0.29, 0.717) is 11.3 Å². The number of rotatable bonds is 8. The van der Waals surface area contributed by atoms with Crippen LogP contribution in [0.1, 0.15) is 22.8 Å². The molecule has 1 heterocycles. The van der Waals surface area contributed by atoms with Crippen LogP contribution in [0, 0.1) is 0 Å². The molecule has 0 atom stereocenters. The van der Waals surface area contributed by atoms with Crippen LogP contribution in [-0.4, -0.2) is 42.3 Å². The van der Waals surface area contributed by atoms with E-state index in [0.717, 1.165) is 21.8 Å². The Hall–Kier alpha value is -2.32. The maximum Gasteiger partial charge on any atom is 0.251 e. The molecular formula is C19H21N3O3S2. The summed E-state index contributed by atoms with van der Waals surface area (Å²) < 4.78 is 23.1. The molecule has 0 spiro atoms. The van der Waals surface area contributed by atoms with Crippen molar-refractivity contribution in [1.29, 1.82) is 0 Å². The number of para-hydroxylation sites is 2. The molecule has 2 aromatic carbocycles. The smallest absolute Gasteiger partial charge is 0.251 e. The summed E-state index contributed by atoms with van der Waals surface area (Å²) in [4.78, 5) is 20.2. The van der Waals surface area contributed by atoms with Crippen molar-refractivity contribution < 1.29 is 13.2 Å². The maximum atomic E-state index is 12.5. The maximum absolute atomic E-state index is 12.5. The largest absolute Gasteiger partial charge is 0.351 e. The number of amides is 1. The Morgan fingerprint density at radius 2 is 1.89 bits per heavy atom. The number of fused-ring (bicyclic) bond motifs is 1. The lowest BCUT2D eigenvalue weighted by Crippen LogP contribution is -2.30. The van der Waals surface area contributed by atoms with E-state index in [2.05, 4.69) is 15.3 Å². The first-order valence-corrected chi connectivity index (χ1v) is 11.4. The number of hydrogen-bond donors (Lipinski definition) is 2. The number of sulfone groups is 1. The molecule has 1 amide bonds. The molecule has 0 fully saturated rings. The van der Waals surface area contributed by atoms with Crippen LogP contribution in [-0.2, 0) is 15.6 Å². The summed E-state index contributed by atoms with van der Waals surface area (Å²) in [7, 11) is -3.10. The Morgan fingerprint density at radius 1 is 1.15 bits per heavy atom. The Labute approximate surface area is 162 Å². The van der Waals surface area contributed by atoms with Crippen LogP contribution in [0.5, 0.6) is 0 Å². The number of carbonyl (C=O) groups excluding carboxylic acids is 1. The molecule has 6 nitrogen and oxygen atoms in total. The second kappa shape index (κ2) is 8.58. The molecule has 0 saturated heterocycles. The zero-order chi connectivity index (χ0) is 19.3. The van der Waals surface area contributed by atoms with Gasteiger partial charge >= 0.3 is 0 Å². The molecule has 0 aliphatic heterocycles. The van der Waals surface area contributed by atoms with Crippen molar-refractivity contribution in [3.8, 4) is 0 Å². The van der Waals surface area contributed by atoms with Gasteiger partial charge in [-0.3, -0.25) is 4.79 Å². The molecular weight excluding hydrogens is 382 g/mol. The van der Waals surface area contributed by atoms with Crippen molar-refractivity contribution in [2.24, 2.45) is 0 Å². The highest BCUT2D eigenvalue weighted by Crippen LogP contribution is 2.24. The average Bonchev–Trinajstić information content (AvgIpc) is 3.09. The molecule has 8 heteroatoms. The number of thioether (sulfide) groups is 1. The normalized spacial score (nSPS) is 11.6. The third-order valence-electron chi connectivity index (χ3n) is 4.13. The molecule has 0 aliphatic carbocycles. The number of H-pyrrole nitrogens is 1. The van der Waals surface area contributed by atoms with Crippen LogP contribution in [0.3, 0.4) is 0 Å². The highest BCUT2D eigenvalue weighted by molar-refractivity contribution is 7.98. The summed E-state index contributed by atoms with van der Waals surface area (Å²) in [5, 5.41) is 3.49. The highest BCUT2D eigenvalue weighted by Gasteiger charge is 2.13. The summed E-state index contributed by atoms with van der Waals surface area (Å²) in [6, 6.07) is 15.1. The molecule has 0 radical (unpaired) electrons. The number of aromatic amines is 1. The second-order valence-corrected chi connectivity index (χ2v) is 9.43. The Bertz CT molecular complexity index is 1010. The number of nitrogens with zero attached hydrogens (tertiary/aromatic N) is 1. The SMILES string of the molecule is CCS(=O)(=O)CCNC(=O)c1ccccc1CSc1nc2ccccc2[nH]1. The van der Waals surface area contributed by atoms with E-state index in [1.165, 1.54) is 11.8 Å². The van der Waals surface area contributed by atoms with Gasteiger partial charge < -0.3 is 10.3 Å². The van der Waals surface area contributed by atoms with Crippen molar-refractivity contribution in [3.63, 3.8) is 0 Å². The lowest BCUT2D eigenvalue weighted by atomic mass is 10.1. The van der Waals surface area contributed by atoms with Gasteiger partial charge in [0.2, 0.25) is 0 Å². The van der Waals surface area contributed by atoms with E-state index in [-0.39, 0.29) is 24.0 Å². The lowest BCUT2D eigenvalue weighted by molar-refractivity contribution is 0.0955. The minimum atomic E-state index is -3.10. The Kier molecular flexibility index (Phi) is 6.18. The molecule has 0 bridgehead atoms. The molecule has 0 saturated carbocycles. The fourth-order valence-corrected chi connectivity index (χ4v) is 4.16. The number of nitrogens with one attached hydrogen (secondary N) is 2. The molecule has 27 heavy (non-hydrogen) atoms. The van der Waals surface area contributed by atoms with Gasteiger partial charge in [-0.25, -0.2) is 13.4 Å². The monoisotopic (exact) mass is 403 g/mol. The second-order valence-electron chi connectivity index (χ2n) is 6.00. The molecule has 2 N–H and O–H groups in total. The van der Waals surface area contributed by atoms with Gasteiger partial charge in [-0.05, 0) is 23.8 Å². The Morgan fingerprint density at radius 3 is 2.67 bits per heavy atom. The van der Waals surface area contributed by atoms with Crippen LogP contribution < -0.4 is 5.32 Å². The summed E-state index contributed by atoms with van der Waals surface area (Å²) in [5.41, 5.74) is 3.31. The van der Waals surface area contributed by atoms with Crippen molar-refractivity contribution in [1.82, 2.24) is 15.3 Å². The third-order valence-corrected chi connectivity index (χ3v) is 6.76. The van der Waals surface area contributed by atoms with E-state index < -0.39 is 9.84 Å². The number of carbonyl (C=O) groups is 1. The van der Waals surface area contributed by atoms with Gasteiger partial charge in [0.15, 0.2) is 15.0 Å². The quantitative estimate of drug-likeness (QED) is 0.564. The Balaban J connectivity index is 1.65. The lowest BCUT2D eigenvalue weighted by Gasteiger charge is -2.09. The van der Waals surface area contributed by atoms with E-state index in [9.17, 15) is 13.2 Å². The molecule has 0 unspecified atom stereocenters. The van der Waals surface area contributed by atoms with Gasteiger partial charge in [-0.15, -0.1) is 0 Å². The molecule has 1 aromatic heterocycles. The summed E-state index contributed by atoms with van der Waals surface area (Å²) >= 11 is 1.52. The fourth-order valence-electron chi connectivity index (χ4n) is 2.57. The zero-order valence-electron chi connectivity index (χ0n) is 14.9. The van der Waals surface area contributed by atoms with Crippen LogP contribution in [0.4, 0.5) is 0 Å². The van der Waals surface area contributed by atoms with E-state index in [4.69, 9.17) is 0 Å². The van der Waals surface area contributed by atoms with Crippen molar-refractivity contribution in [2.75, 3.05) is 18.1 Å². The minimum Gasteiger partial charge on any atom is -0.351 e. The molecule has 3 aromatic rings. The fraction of sp³-hybridized carbons (Fsp3) is 0.263. The predicted octanol–water partition coefficient (Wildman–Crippen LogP) is 3.02. The van der Waals surface area contributed by atoms with E-state index >= 15 is 0 Å². The van der Waals surface area contributed by atoms with Gasteiger partial charge in [0, 0.05) is 23.6 Å². The van der Waals surface area contributed by atoms with E-state index in [1.54, 1.807) is 19.1 Å². The standard InChI is InChI=1S/C19H21N3O3S2/c1-2-27(24,25)12-11-20-18(23)15-8-4-3-7-14(15)13-26-19-21-16-9-5-6-10-17(16)22-19/h3-10H,2,11-13H2,1H3,(H,20,23)(H,21,22). The number of imidazole rings is 1. The highest BCUT2D eigenvalue weighted by atomic mass is 32.2. The van der Waals surface area contributed by atoms with Gasteiger partial charge in [0.1, 0.15) is 0 Å². The van der Waals surface area contributed by atoms with E-state index in [1.807, 2.05) is 36.4 Å². The van der Waals surface area contributed by atoms with Crippen LogP contribution >= 0.6 is 11.8 Å². The predicted molar refractivity (Wildman–Crippen MR) is 109 cm³/mol. The molecule has 3 rings (SSSR count). The zero-order valence-corrected chi connectivity index (χ0v) is 16.6. The van der Waals surface area contributed by atoms with Crippen LogP contribution in [0.15, 0.2) is 53.7 Å². The first kappa shape index (κ1) is 19.4. The molecule has 142 valence electrons. The summed E-state index contributed by atoms with van der Waals surface area (Å²) in [6.07, 6.45) is 0. The van der Waals surface area contributed by atoms with Gasteiger partial charge in [-0.2, -0.15) is 0 Å². The van der Waals surface area contributed by atoms with Crippen LogP contribution in [0.2, 0.25) is 0 Å². The van der Waals surface area contributed by atoms with Crippen molar-refractivity contribution in [2.45, 2.75) is 17.8 Å². The number of hydrogen-bond acceptors (Lipinski definition) is 5. The summed E-state index contributed by atoms with van der Waals surface area (Å²) in [5.74, 6) is 0.345. The number of aromatic nitrogens is 2. The van der Waals surface area contributed by atoms with Crippen LogP contribution in [0.25, 0.3) is 11.0 Å². The first-order valence-electron chi connectivity index (χ1n) is 8.62. The topological polar surface area (TPSA) is 91.9 Å². The van der Waals surface area contributed by atoms with Gasteiger partial charge in [0.05, 0.1) is 16.8 Å². The van der Waals surface area contributed by atoms with Crippen molar-refractivity contribution >= 4 is 38.5 Å². The third kappa shape index (κ3) is 5.11. The van der Waals surface area contributed by atoms with Crippen molar-refractivity contribution in [3.05, 3.63) is 59.7 Å². The van der Waals surface area contributed by atoms with Gasteiger partial charge in [-0.1, -0.05) is 49.0 Å². The number of benzene rings is 2. The minimum absolute atomic E-state index is 0.0505.